The van der Waals surface area contributed by atoms with Crippen molar-refractivity contribution in [1.29, 1.82) is 0 Å². The molecule has 68 heavy (non-hydrogen) atoms. The molecule has 4 saturated carbocycles. The van der Waals surface area contributed by atoms with E-state index in [1.54, 1.807) is 0 Å². The van der Waals surface area contributed by atoms with E-state index >= 15 is 0 Å². The molecule has 5 aliphatic carbocycles. The molecule has 0 amide bonds. The Morgan fingerprint density at radius 2 is 1.22 bits per heavy atom. The van der Waals surface area contributed by atoms with Gasteiger partial charge >= 0.3 is 11.9 Å². The maximum atomic E-state index is 14.7. The third-order valence-electron chi connectivity index (χ3n) is 19.4. The largest absolute Gasteiger partial charge is 0.479 e. The monoisotopic (exact) mass is 972 g/mol. The molecule has 0 radical (unpaired) electrons. The van der Waals surface area contributed by atoms with Crippen molar-refractivity contribution in [2.75, 3.05) is 19.8 Å². The summed E-state index contributed by atoms with van der Waals surface area (Å²) in [5, 5.41) is 127. The molecule has 0 spiro atoms. The summed E-state index contributed by atoms with van der Waals surface area (Å²) in [5.74, 6) is -2.34. The molecular weight excluding hydrogens is 897 g/mol. The molecule has 0 bridgehead atoms. The van der Waals surface area contributed by atoms with Crippen LogP contribution in [0.3, 0.4) is 0 Å². The number of aliphatic hydroxyl groups excluding tert-OH is 11. The first-order chi connectivity index (χ1) is 31.8. The van der Waals surface area contributed by atoms with E-state index in [2.05, 4.69) is 40.7 Å². The lowest BCUT2D eigenvalue weighted by Crippen LogP contribution is -2.68. The second-order valence-electron chi connectivity index (χ2n) is 23.3. The van der Waals surface area contributed by atoms with Gasteiger partial charge in [-0.05, 0) is 104 Å². The molecule has 3 heterocycles. The Morgan fingerprint density at radius 3 is 1.82 bits per heavy atom. The summed E-state index contributed by atoms with van der Waals surface area (Å²) in [7, 11) is 0. The van der Waals surface area contributed by atoms with E-state index in [1.165, 1.54) is 5.57 Å². The van der Waals surface area contributed by atoms with E-state index in [9.17, 15) is 70.9 Å². The van der Waals surface area contributed by atoms with Crippen LogP contribution in [0.5, 0.6) is 0 Å². The van der Waals surface area contributed by atoms with Crippen molar-refractivity contribution in [2.45, 2.75) is 204 Å². The van der Waals surface area contributed by atoms with Gasteiger partial charge in [-0.2, -0.15) is 0 Å². The Kier molecular flexibility index (Phi) is 14.3. The molecule has 24 atom stereocenters. The fourth-order valence-corrected chi connectivity index (χ4v) is 15.0. The molecule has 3 saturated heterocycles. The van der Waals surface area contributed by atoms with E-state index in [4.69, 9.17) is 28.4 Å². The van der Waals surface area contributed by atoms with Crippen molar-refractivity contribution in [3.05, 3.63) is 11.6 Å². The van der Waals surface area contributed by atoms with Gasteiger partial charge in [-0.3, -0.25) is 4.79 Å². The van der Waals surface area contributed by atoms with Gasteiger partial charge < -0.3 is 89.7 Å². The van der Waals surface area contributed by atoms with Crippen LogP contribution in [0.1, 0.15) is 106 Å². The molecule has 0 aromatic carbocycles. The van der Waals surface area contributed by atoms with E-state index in [-0.39, 0.29) is 46.0 Å². The fourth-order valence-electron chi connectivity index (χ4n) is 15.0. The molecule has 7 fully saturated rings. The summed E-state index contributed by atoms with van der Waals surface area (Å²) in [4.78, 5) is 27.3. The standard InChI is InChI=1S/C48H76O20/c1-43(2)13-15-48(42(62)68-40-34(58)31(55)29(53)24(19-50)64-40)16-14-46(5)21(22(48)17-43)7-8-26-44(3)11-10-27(45(4,20-51)25(44)9-12-47(26,46)6)65-41-35(59)32(56)36(37(67-41)38(60)61)66-39-33(57)30(54)28(52)23(18-49)63-39/h7,22-37,39-41,49-59H,8-20H2,1-6H3,(H,60,61)/t22-,23+,24+,25+,26+,27-,28-,29+,30-,31-,32+,33+,34+,35+,36-,37-,39-,40-,41+,44-,45-,46+,47+,48-/m0/s1. The molecule has 8 rings (SSSR count). The number of hydrogen-bond donors (Lipinski definition) is 12. The number of aliphatic carboxylic acids is 1. The molecule has 8 aliphatic rings. The molecule has 0 aromatic rings. The SMILES string of the molecule is CC1(C)CC[C@]2(C(=O)O[C@@H]3O[C@H](CO)[C@@H](O)[C@H](O)[C@H]3O)CC[C@]3(C)C(=CC[C@@H]4[C@@]5(C)CC[C@H](O[C@@H]6O[C@H](C(=O)O)[C@@H](O[C@@H]7O[C@H](CO)[C@H](O)[C@H](O)[C@H]7O)[C@H](O)[C@H]6O)[C@@](C)(CO)[C@@H]5CC[C@]43C)[C@@H]2C1. The number of ether oxygens (including phenoxy) is 6. The maximum absolute atomic E-state index is 14.7. The molecule has 20 nitrogen and oxygen atoms in total. The zero-order valence-corrected chi connectivity index (χ0v) is 39.9. The van der Waals surface area contributed by atoms with Crippen molar-refractivity contribution in [1.82, 2.24) is 0 Å². The van der Waals surface area contributed by atoms with Gasteiger partial charge in [0.05, 0.1) is 31.3 Å². The highest BCUT2D eigenvalue weighted by Gasteiger charge is 2.71. The third-order valence-corrected chi connectivity index (χ3v) is 19.4. The van der Waals surface area contributed by atoms with Gasteiger partial charge in [0.1, 0.15) is 67.1 Å². The fraction of sp³-hybridized carbons (Fsp3) is 0.917. The highest BCUT2D eigenvalue weighted by molar-refractivity contribution is 5.79. The minimum Gasteiger partial charge on any atom is -0.479 e. The second-order valence-corrected chi connectivity index (χ2v) is 23.3. The van der Waals surface area contributed by atoms with E-state index < -0.39 is 134 Å². The summed E-state index contributed by atoms with van der Waals surface area (Å²) < 4.78 is 34.9. The number of carboxylic acid groups (broad SMARTS) is 1. The van der Waals surface area contributed by atoms with Gasteiger partial charge in [-0.25, -0.2) is 4.79 Å². The first-order valence-corrected chi connectivity index (χ1v) is 24.5. The number of rotatable bonds is 10. The van der Waals surface area contributed by atoms with Crippen LogP contribution in [0.15, 0.2) is 11.6 Å². The molecule has 3 aliphatic heterocycles. The van der Waals surface area contributed by atoms with E-state index in [1.807, 2.05) is 6.92 Å². The lowest BCUT2D eigenvalue weighted by atomic mass is 9.33. The predicted molar refractivity (Wildman–Crippen MR) is 232 cm³/mol. The normalized spacial score (nSPS) is 53.4. The van der Waals surface area contributed by atoms with Crippen molar-refractivity contribution in [3.63, 3.8) is 0 Å². The smallest absolute Gasteiger partial charge is 0.335 e. The Labute approximate surface area is 396 Å². The molecule has 0 aromatic heterocycles. The average molecular weight is 973 g/mol. The number of carbonyl (C=O) groups excluding carboxylic acids is 1. The highest BCUT2D eigenvalue weighted by atomic mass is 16.7. The lowest BCUT2D eigenvalue weighted by Gasteiger charge is -2.71. The number of fused-ring (bicyclic) bond motifs is 7. The minimum absolute atomic E-state index is 0.103. The maximum Gasteiger partial charge on any atom is 0.335 e. The Hall–Kier alpha value is -1.96. The second kappa shape index (κ2) is 18.5. The number of aliphatic hydroxyl groups is 11. The highest BCUT2D eigenvalue weighted by Crippen LogP contribution is 2.76. The summed E-state index contributed by atoms with van der Waals surface area (Å²) >= 11 is 0. The zero-order valence-electron chi connectivity index (χ0n) is 39.9. The first-order valence-electron chi connectivity index (χ1n) is 24.5. The first kappa shape index (κ1) is 52.4. The van der Waals surface area contributed by atoms with Crippen LogP contribution >= 0.6 is 0 Å². The summed E-state index contributed by atoms with van der Waals surface area (Å²) in [6, 6.07) is 0. The van der Waals surface area contributed by atoms with Crippen LogP contribution in [0.4, 0.5) is 0 Å². The van der Waals surface area contributed by atoms with Gasteiger partial charge in [-0.1, -0.05) is 53.2 Å². The number of allylic oxidation sites excluding steroid dienone is 2. The van der Waals surface area contributed by atoms with E-state index in [0.29, 0.717) is 51.4 Å². The zero-order chi connectivity index (χ0) is 49.8. The van der Waals surface area contributed by atoms with Crippen LogP contribution < -0.4 is 0 Å². The van der Waals surface area contributed by atoms with Gasteiger partial charge in [0.25, 0.3) is 0 Å². The van der Waals surface area contributed by atoms with Crippen molar-refractivity contribution < 1.29 is 99.3 Å². The summed E-state index contributed by atoms with van der Waals surface area (Å²) in [6.45, 7) is 11.6. The quantitative estimate of drug-likeness (QED) is 0.0725. The number of carboxylic acids is 1. The topological polar surface area (TPSA) is 332 Å². The molecule has 12 N–H and O–H groups in total. The van der Waals surface area contributed by atoms with Gasteiger partial charge in [-0.15, -0.1) is 0 Å². The van der Waals surface area contributed by atoms with Crippen LogP contribution in [-0.2, 0) is 38.0 Å². The predicted octanol–water partition coefficient (Wildman–Crippen LogP) is -0.795. The number of hydrogen-bond acceptors (Lipinski definition) is 19. The van der Waals surface area contributed by atoms with Crippen LogP contribution in [0.25, 0.3) is 0 Å². The molecule has 388 valence electrons. The summed E-state index contributed by atoms with van der Waals surface area (Å²) in [6.07, 6.45) is -18.0. The van der Waals surface area contributed by atoms with Crippen molar-refractivity contribution in [3.8, 4) is 0 Å². The molecular formula is C48H76O20. The summed E-state index contributed by atoms with van der Waals surface area (Å²) in [5.41, 5.74) is -1.73. The average Bonchev–Trinajstić information content (AvgIpc) is 3.29. The van der Waals surface area contributed by atoms with Crippen LogP contribution in [0.2, 0.25) is 0 Å². The van der Waals surface area contributed by atoms with E-state index in [0.717, 1.165) is 12.8 Å². The molecule has 20 heteroatoms. The number of carbonyl (C=O) groups is 2. The van der Waals surface area contributed by atoms with Crippen molar-refractivity contribution in [2.24, 2.45) is 50.2 Å². The lowest BCUT2D eigenvalue weighted by molar-refractivity contribution is -0.364. The Bertz CT molecular complexity index is 1900. The van der Waals surface area contributed by atoms with Crippen LogP contribution in [-0.4, -0.2) is 191 Å². The van der Waals surface area contributed by atoms with Gasteiger partial charge in [0.15, 0.2) is 18.7 Å². The minimum atomic E-state index is -1.98. The van der Waals surface area contributed by atoms with Crippen LogP contribution in [0, 0.1) is 50.2 Å². The van der Waals surface area contributed by atoms with Crippen molar-refractivity contribution >= 4 is 11.9 Å². The Balaban J connectivity index is 1.02. The molecule has 0 unspecified atom stereocenters. The third kappa shape index (κ3) is 8.03. The van der Waals surface area contributed by atoms with Gasteiger partial charge in [0, 0.05) is 5.41 Å². The Morgan fingerprint density at radius 1 is 0.647 bits per heavy atom. The van der Waals surface area contributed by atoms with Gasteiger partial charge in [0.2, 0.25) is 6.29 Å². The number of esters is 1.